The van der Waals surface area contributed by atoms with Crippen LogP contribution in [0.4, 0.5) is 4.39 Å². The van der Waals surface area contributed by atoms with Crippen LogP contribution in [0.2, 0.25) is 0 Å². The van der Waals surface area contributed by atoms with E-state index in [0.717, 1.165) is 11.1 Å². The van der Waals surface area contributed by atoms with E-state index in [1.54, 1.807) is 17.0 Å². The average molecular weight is 341 g/mol. The van der Waals surface area contributed by atoms with Crippen molar-refractivity contribution in [3.63, 3.8) is 0 Å². The van der Waals surface area contributed by atoms with E-state index in [1.807, 2.05) is 30.3 Å². The Kier molecular flexibility index (Phi) is 5.12. The molecule has 2 unspecified atom stereocenters. The zero-order valence-electron chi connectivity index (χ0n) is 14.0. The number of hydrogen-bond donors (Lipinski definition) is 0. The molecule has 2 aromatic carbocycles. The van der Waals surface area contributed by atoms with Gasteiger partial charge >= 0.3 is 5.97 Å². The summed E-state index contributed by atoms with van der Waals surface area (Å²) in [7, 11) is 1.35. The molecular weight excluding hydrogens is 321 g/mol. The molecule has 3 rings (SSSR count). The first kappa shape index (κ1) is 17.1. The van der Waals surface area contributed by atoms with E-state index >= 15 is 0 Å². The largest absolute Gasteiger partial charge is 0.469 e. The van der Waals surface area contributed by atoms with Crippen molar-refractivity contribution in [2.75, 3.05) is 13.7 Å². The van der Waals surface area contributed by atoms with Crippen LogP contribution in [-0.4, -0.2) is 30.4 Å². The Morgan fingerprint density at radius 1 is 1.16 bits per heavy atom. The summed E-state index contributed by atoms with van der Waals surface area (Å²) in [6.07, 6.45) is 0.207. The fraction of sp³-hybridized carbons (Fsp3) is 0.300. The lowest BCUT2D eigenvalue weighted by molar-refractivity contribution is -0.151. The Morgan fingerprint density at radius 2 is 1.84 bits per heavy atom. The summed E-state index contributed by atoms with van der Waals surface area (Å²) in [6, 6.07) is 15.6. The highest BCUT2D eigenvalue weighted by Crippen LogP contribution is 2.35. The zero-order valence-corrected chi connectivity index (χ0v) is 14.0. The fourth-order valence-corrected chi connectivity index (χ4v) is 3.33. The van der Waals surface area contributed by atoms with Gasteiger partial charge < -0.3 is 9.64 Å². The minimum absolute atomic E-state index is 0.0154. The number of benzene rings is 2. The second-order valence-corrected chi connectivity index (χ2v) is 6.25. The lowest BCUT2D eigenvalue weighted by Crippen LogP contribution is -2.46. The van der Waals surface area contributed by atoms with Crippen molar-refractivity contribution >= 4 is 11.9 Å². The summed E-state index contributed by atoms with van der Waals surface area (Å²) in [4.78, 5) is 26.6. The normalized spacial score (nSPS) is 20.4. The van der Waals surface area contributed by atoms with Crippen LogP contribution in [0.15, 0.2) is 54.6 Å². The molecule has 1 saturated heterocycles. The molecule has 1 fully saturated rings. The molecule has 2 atom stereocenters. The first-order valence-corrected chi connectivity index (χ1v) is 8.23. The standard InChI is InChI=1S/C20H20FNO3/c1-25-20(24)18-13-22(12-14-5-3-2-4-6-14)19(23)11-17(18)15-7-9-16(21)10-8-15/h2-10,17-18H,11-13H2,1H3. The molecule has 1 aliphatic rings. The summed E-state index contributed by atoms with van der Waals surface area (Å²) in [5.41, 5.74) is 1.80. The number of rotatable bonds is 4. The Bertz CT molecular complexity index is 745. The number of hydrogen-bond acceptors (Lipinski definition) is 3. The van der Waals surface area contributed by atoms with Gasteiger partial charge in [0.05, 0.1) is 13.0 Å². The van der Waals surface area contributed by atoms with Crippen molar-refractivity contribution in [2.45, 2.75) is 18.9 Å². The van der Waals surface area contributed by atoms with Gasteiger partial charge in [-0.2, -0.15) is 0 Å². The van der Waals surface area contributed by atoms with E-state index in [1.165, 1.54) is 19.2 Å². The van der Waals surface area contributed by atoms with Crippen molar-refractivity contribution in [1.29, 1.82) is 0 Å². The predicted octanol–water partition coefficient (Wildman–Crippen LogP) is 3.13. The zero-order chi connectivity index (χ0) is 17.8. The number of esters is 1. The van der Waals surface area contributed by atoms with Crippen molar-refractivity contribution in [2.24, 2.45) is 5.92 Å². The first-order valence-electron chi connectivity index (χ1n) is 8.23. The average Bonchev–Trinajstić information content (AvgIpc) is 2.64. The van der Waals surface area contributed by atoms with Gasteiger partial charge in [0.25, 0.3) is 0 Å². The summed E-state index contributed by atoms with van der Waals surface area (Å²) in [5.74, 6) is -1.46. The third kappa shape index (κ3) is 3.87. The molecule has 0 N–H and O–H groups in total. The second kappa shape index (κ2) is 7.47. The number of carbonyl (C=O) groups is 2. The number of likely N-dealkylation sites (tertiary alicyclic amines) is 1. The van der Waals surface area contributed by atoms with Crippen LogP contribution < -0.4 is 0 Å². The highest BCUT2D eigenvalue weighted by molar-refractivity contribution is 5.83. The van der Waals surface area contributed by atoms with Gasteiger partial charge in [0.2, 0.25) is 5.91 Å². The third-order valence-electron chi connectivity index (χ3n) is 4.67. The monoisotopic (exact) mass is 341 g/mol. The van der Waals surface area contributed by atoms with E-state index in [2.05, 4.69) is 0 Å². The number of halogens is 1. The van der Waals surface area contributed by atoms with Gasteiger partial charge in [0, 0.05) is 25.4 Å². The van der Waals surface area contributed by atoms with Gasteiger partial charge in [0.1, 0.15) is 5.82 Å². The van der Waals surface area contributed by atoms with Gasteiger partial charge in [-0.05, 0) is 23.3 Å². The molecule has 0 spiro atoms. The molecule has 1 heterocycles. The molecule has 1 amide bonds. The number of ether oxygens (including phenoxy) is 1. The van der Waals surface area contributed by atoms with E-state index in [9.17, 15) is 14.0 Å². The minimum atomic E-state index is -0.461. The minimum Gasteiger partial charge on any atom is -0.469 e. The molecule has 0 aromatic heterocycles. The molecular formula is C20H20FNO3. The Labute approximate surface area is 146 Å². The van der Waals surface area contributed by atoms with Crippen molar-refractivity contribution < 1.29 is 18.7 Å². The molecule has 0 bridgehead atoms. The molecule has 4 nitrogen and oxygen atoms in total. The maximum atomic E-state index is 13.2. The molecule has 130 valence electrons. The Hall–Kier alpha value is -2.69. The van der Waals surface area contributed by atoms with Crippen LogP contribution >= 0.6 is 0 Å². The van der Waals surface area contributed by atoms with Crippen molar-refractivity contribution in [3.05, 3.63) is 71.5 Å². The lowest BCUT2D eigenvalue weighted by atomic mass is 9.80. The number of piperidine rings is 1. The third-order valence-corrected chi connectivity index (χ3v) is 4.67. The van der Waals surface area contributed by atoms with Crippen LogP contribution in [-0.2, 0) is 20.9 Å². The van der Waals surface area contributed by atoms with E-state index in [4.69, 9.17) is 4.74 Å². The quantitative estimate of drug-likeness (QED) is 0.803. The summed E-state index contributed by atoms with van der Waals surface area (Å²) in [6.45, 7) is 0.756. The van der Waals surface area contributed by atoms with Crippen LogP contribution in [0.25, 0.3) is 0 Å². The number of methoxy groups -OCH3 is 1. The van der Waals surface area contributed by atoms with Crippen LogP contribution in [0.1, 0.15) is 23.5 Å². The van der Waals surface area contributed by atoms with E-state index < -0.39 is 5.92 Å². The predicted molar refractivity (Wildman–Crippen MR) is 91.1 cm³/mol. The first-order chi connectivity index (χ1) is 12.1. The topological polar surface area (TPSA) is 46.6 Å². The van der Waals surface area contributed by atoms with Crippen molar-refractivity contribution in [3.8, 4) is 0 Å². The van der Waals surface area contributed by atoms with Gasteiger partial charge in [-0.1, -0.05) is 42.5 Å². The molecule has 25 heavy (non-hydrogen) atoms. The van der Waals surface area contributed by atoms with E-state index in [-0.39, 0.29) is 30.0 Å². The summed E-state index contributed by atoms with van der Waals surface area (Å²) >= 11 is 0. The number of nitrogens with zero attached hydrogens (tertiary/aromatic N) is 1. The van der Waals surface area contributed by atoms with Gasteiger partial charge in [-0.25, -0.2) is 4.39 Å². The molecule has 0 aliphatic carbocycles. The number of carbonyl (C=O) groups excluding carboxylic acids is 2. The Balaban J connectivity index is 1.83. The molecule has 0 radical (unpaired) electrons. The van der Waals surface area contributed by atoms with Gasteiger partial charge in [0.15, 0.2) is 0 Å². The SMILES string of the molecule is COC(=O)C1CN(Cc2ccccc2)C(=O)CC1c1ccc(F)cc1. The number of amides is 1. The maximum Gasteiger partial charge on any atom is 0.311 e. The van der Waals surface area contributed by atoms with Crippen LogP contribution in [0, 0.1) is 11.7 Å². The highest BCUT2D eigenvalue weighted by Gasteiger charge is 2.39. The van der Waals surface area contributed by atoms with Gasteiger partial charge in [-0.15, -0.1) is 0 Å². The fourth-order valence-electron chi connectivity index (χ4n) is 3.33. The molecule has 0 saturated carbocycles. The smallest absolute Gasteiger partial charge is 0.311 e. The van der Waals surface area contributed by atoms with Crippen molar-refractivity contribution in [1.82, 2.24) is 4.90 Å². The van der Waals surface area contributed by atoms with Crippen LogP contribution in [0.3, 0.4) is 0 Å². The molecule has 1 aliphatic heterocycles. The summed E-state index contributed by atoms with van der Waals surface area (Å²) in [5, 5.41) is 0. The highest BCUT2D eigenvalue weighted by atomic mass is 19.1. The summed E-state index contributed by atoms with van der Waals surface area (Å²) < 4.78 is 18.1. The maximum absolute atomic E-state index is 13.2. The molecule has 5 heteroatoms. The second-order valence-electron chi connectivity index (χ2n) is 6.25. The van der Waals surface area contributed by atoms with E-state index in [0.29, 0.717) is 13.1 Å². The molecule has 2 aromatic rings. The lowest BCUT2D eigenvalue weighted by Gasteiger charge is -2.37. The van der Waals surface area contributed by atoms with Gasteiger partial charge in [-0.3, -0.25) is 9.59 Å². The Morgan fingerprint density at radius 3 is 2.48 bits per heavy atom. The van der Waals surface area contributed by atoms with Crippen LogP contribution in [0.5, 0.6) is 0 Å².